The van der Waals surface area contributed by atoms with Gasteiger partial charge in [0.15, 0.2) is 0 Å². The maximum atomic E-state index is 12.3. The highest BCUT2D eigenvalue weighted by molar-refractivity contribution is 7.98. The van der Waals surface area contributed by atoms with Crippen molar-refractivity contribution in [2.24, 2.45) is 5.92 Å². The molecule has 0 fully saturated rings. The highest BCUT2D eigenvalue weighted by Gasteiger charge is 2.17. The number of amides is 1. The molecule has 2 N–H and O–H groups in total. The molecule has 0 aliphatic carbocycles. The molecular formula is C15H25N3O3S2. The zero-order chi connectivity index (χ0) is 17.6. The van der Waals surface area contributed by atoms with Gasteiger partial charge in [-0.15, -0.1) is 11.8 Å². The number of thioether (sulfide) groups is 1. The average Bonchev–Trinajstić information content (AvgIpc) is 2.46. The Morgan fingerprint density at radius 3 is 2.48 bits per heavy atom. The summed E-state index contributed by atoms with van der Waals surface area (Å²) in [4.78, 5) is 14.8. The molecule has 1 aromatic carbocycles. The number of carbonyl (C=O) groups excluding carboxylic acids is 1. The third-order valence-corrected chi connectivity index (χ3v) is 5.37. The monoisotopic (exact) mass is 359 g/mol. The minimum atomic E-state index is -3.60. The number of carbonyl (C=O) groups is 1. The summed E-state index contributed by atoms with van der Waals surface area (Å²) in [5, 5.41) is 2.79. The first-order chi connectivity index (χ1) is 10.7. The van der Waals surface area contributed by atoms with E-state index in [-0.39, 0.29) is 16.7 Å². The van der Waals surface area contributed by atoms with Crippen LogP contribution < -0.4 is 10.0 Å². The van der Waals surface area contributed by atoms with E-state index in [1.54, 1.807) is 26.0 Å². The lowest BCUT2D eigenvalue weighted by Gasteiger charge is -2.14. The van der Waals surface area contributed by atoms with Crippen molar-refractivity contribution in [2.45, 2.75) is 23.6 Å². The lowest BCUT2D eigenvalue weighted by Crippen LogP contribution is -2.31. The van der Waals surface area contributed by atoms with Crippen LogP contribution in [0.4, 0.5) is 5.69 Å². The van der Waals surface area contributed by atoms with Crippen LogP contribution in [0.1, 0.15) is 13.8 Å². The van der Waals surface area contributed by atoms with Gasteiger partial charge in [0.05, 0.1) is 10.6 Å². The van der Waals surface area contributed by atoms with Crippen LogP contribution in [0, 0.1) is 5.92 Å². The van der Waals surface area contributed by atoms with Crippen molar-refractivity contribution < 1.29 is 13.2 Å². The van der Waals surface area contributed by atoms with Crippen LogP contribution in [-0.2, 0) is 14.8 Å². The molecule has 0 bridgehead atoms. The largest absolute Gasteiger partial charge is 0.325 e. The second kappa shape index (κ2) is 8.68. The Morgan fingerprint density at radius 1 is 1.30 bits per heavy atom. The molecule has 0 atom stereocenters. The van der Waals surface area contributed by atoms with E-state index in [1.807, 2.05) is 25.3 Å². The van der Waals surface area contributed by atoms with Gasteiger partial charge in [-0.05, 0) is 38.6 Å². The fourth-order valence-electron chi connectivity index (χ4n) is 1.72. The van der Waals surface area contributed by atoms with Gasteiger partial charge in [0, 0.05) is 23.9 Å². The summed E-state index contributed by atoms with van der Waals surface area (Å²) >= 11 is 1.45. The number of benzene rings is 1. The Bertz CT molecular complexity index is 643. The van der Waals surface area contributed by atoms with Crippen LogP contribution in [0.5, 0.6) is 0 Å². The molecule has 0 aromatic heterocycles. The second-order valence-corrected chi connectivity index (χ2v) is 8.32. The van der Waals surface area contributed by atoms with Crippen molar-refractivity contribution in [3.8, 4) is 0 Å². The lowest BCUT2D eigenvalue weighted by molar-refractivity contribution is -0.118. The molecule has 0 aliphatic heterocycles. The van der Waals surface area contributed by atoms with Crippen molar-refractivity contribution in [1.29, 1.82) is 0 Å². The first kappa shape index (κ1) is 20.0. The molecule has 1 aromatic rings. The van der Waals surface area contributed by atoms with E-state index < -0.39 is 10.0 Å². The maximum Gasteiger partial charge on any atom is 0.240 e. The molecule has 8 heteroatoms. The number of sulfonamides is 1. The van der Waals surface area contributed by atoms with Gasteiger partial charge in [0.25, 0.3) is 0 Å². The van der Waals surface area contributed by atoms with Crippen molar-refractivity contribution in [1.82, 2.24) is 9.62 Å². The topological polar surface area (TPSA) is 78.5 Å². The van der Waals surface area contributed by atoms with Gasteiger partial charge in [-0.25, -0.2) is 13.1 Å². The molecule has 0 aliphatic rings. The minimum absolute atomic E-state index is 0.143. The van der Waals surface area contributed by atoms with E-state index in [9.17, 15) is 13.2 Å². The molecular weight excluding hydrogens is 334 g/mol. The Morgan fingerprint density at radius 2 is 1.96 bits per heavy atom. The van der Waals surface area contributed by atoms with E-state index in [4.69, 9.17) is 0 Å². The Balaban J connectivity index is 3.02. The third-order valence-electron chi connectivity index (χ3n) is 3.11. The molecule has 0 saturated carbocycles. The smallest absolute Gasteiger partial charge is 0.240 e. The van der Waals surface area contributed by atoms with E-state index in [2.05, 4.69) is 10.0 Å². The highest BCUT2D eigenvalue weighted by Crippen LogP contribution is 2.28. The summed E-state index contributed by atoms with van der Waals surface area (Å²) in [5.74, 6) is -0.321. The van der Waals surface area contributed by atoms with Gasteiger partial charge < -0.3 is 10.2 Å². The van der Waals surface area contributed by atoms with Crippen LogP contribution in [0.25, 0.3) is 0 Å². The standard InChI is InChI=1S/C15H25N3O3S2/c1-11(2)15(19)17-13-10-12(6-7-14(13)22-5)23(20,21)16-8-9-18(3)4/h6-7,10-11,16H,8-9H2,1-5H3,(H,17,19). The highest BCUT2D eigenvalue weighted by atomic mass is 32.2. The van der Waals surface area contributed by atoms with Crippen LogP contribution in [0.3, 0.4) is 0 Å². The van der Waals surface area contributed by atoms with Gasteiger partial charge in [0.2, 0.25) is 15.9 Å². The van der Waals surface area contributed by atoms with E-state index in [0.29, 0.717) is 18.8 Å². The van der Waals surface area contributed by atoms with Gasteiger partial charge in [-0.3, -0.25) is 4.79 Å². The van der Waals surface area contributed by atoms with E-state index in [1.165, 1.54) is 17.8 Å². The molecule has 0 radical (unpaired) electrons. The molecule has 0 heterocycles. The number of nitrogens with zero attached hydrogens (tertiary/aromatic N) is 1. The Labute approximate surface area is 143 Å². The molecule has 0 unspecified atom stereocenters. The Kier molecular flexibility index (Phi) is 7.53. The predicted octanol–water partition coefficient (Wildman–Crippen LogP) is 1.84. The number of anilines is 1. The second-order valence-electron chi connectivity index (χ2n) is 5.71. The van der Waals surface area contributed by atoms with Crippen LogP contribution in [0.2, 0.25) is 0 Å². The molecule has 0 spiro atoms. The van der Waals surface area contributed by atoms with Gasteiger partial charge in [-0.2, -0.15) is 0 Å². The van der Waals surface area contributed by atoms with Gasteiger partial charge >= 0.3 is 0 Å². The summed E-state index contributed by atoms with van der Waals surface area (Å²) in [6.45, 7) is 4.52. The number of hydrogen-bond acceptors (Lipinski definition) is 5. The first-order valence-corrected chi connectivity index (χ1v) is 10.0. The molecule has 1 rings (SSSR count). The zero-order valence-electron chi connectivity index (χ0n) is 14.2. The zero-order valence-corrected chi connectivity index (χ0v) is 15.8. The normalized spacial score (nSPS) is 12.0. The summed E-state index contributed by atoms with van der Waals surface area (Å²) in [6, 6.07) is 4.76. The molecule has 0 saturated heterocycles. The quantitative estimate of drug-likeness (QED) is 0.693. The summed E-state index contributed by atoms with van der Waals surface area (Å²) in [6.07, 6.45) is 1.88. The van der Waals surface area contributed by atoms with Crippen LogP contribution in [-0.4, -0.2) is 52.7 Å². The van der Waals surface area contributed by atoms with Crippen LogP contribution >= 0.6 is 11.8 Å². The number of hydrogen-bond donors (Lipinski definition) is 2. The van der Waals surface area contributed by atoms with Crippen molar-refractivity contribution >= 4 is 33.4 Å². The van der Waals surface area contributed by atoms with E-state index in [0.717, 1.165) is 4.90 Å². The number of rotatable bonds is 8. The van der Waals surface area contributed by atoms with Crippen molar-refractivity contribution in [3.63, 3.8) is 0 Å². The third kappa shape index (κ3) is 6.14. The molecule has 1 amide bonds. The summed E-state index contributed by atoms with van der Waals surface area (Å²) in [5.41, 5.74) is 0.520. The Hall–Kier alpha value is -1.09. The lowest BCUT2D eigenvalue weighted by atomic mass is 10.2. The van der Waals surface area contributed by atoms with Crippen LogP contribution in [0.15, 0.2) is 28.0 Å². The molecule has 130 valence electrons. The summed E-state index contributed by atoms with van der Waals surface area (Å²) < 4.78 is 27.2. The fraction of sp³-hybridized carbons (Fsp3) is 0.533. The first-order valence-electron chi connectivity index (χ1n) is 7.30. The average molecular weight is 360 g/mol. The van der Waals surface area contributed by atoms with Crippen molar-refractivity contribution in [2.75, 3.05) is 38.8 Å². The number of nitrogens with one attached hydrogen (secondary N) is 2. The van der Waals surface area contributed by atoms with Crippen molar-refractivity contribution in [3.05, 3.63) is 18.2 Å². The van der Waals surface area contributed by atoms with E-state index >= 15 is 0 Å². The molecule has 6 nitrogen and oxygen atoms in total. The predicted molar refractivity (Wildman–Crippen MR) is 95.4 cm³/mol. The fourth-order valence-corrected chi connectivity index (χ4v) is 3.30. The van der Waals surface area contributed by atoms with Gasteiger partial charge in [-0.1, -0.05) is 13.8 Å². The van der Waals surface area contributed by atoms with Gasteiger partial charge in [0.1, 0.15) is 0 Å². The number of likely N-dealkylation sites (N-methyl/N-ethyl adjacent to an activating group) is 1. The SMILES string of the molecule is CSc1ccc(S(=O)(=O)NCCN(C)C)cc1NC(=O)C(C)C. The maximum absolute atomic E-state index is 12.3. The molecule has 23 heavy (non-hydrogen) atoms. The summed E-state index contributed by atoms with van der Waals surface area (Å²) in [7, 11) is 0.156. The minimum Gasteiger partial charge on any atom is -0.325 e.